The molecule has 0 unspecified atom stereocenters. The zero-order valence-electron chi connectivity index (χ0n) is 13.3. The average molecular weight is 335 g/mol. The van der Waals surface area contributed by atoms with Crippen molar-refractivity contribution in [2.75, 3.05) is 12.4 Å². The van der Waals surface area contributed by atoms with Gasteiger partial charge < -0.3 is 10.5 Å². The normalized spacial score (nSPS) is 11.3. The average Bonchev–Trinajstić information content (AvgIpc) is 2.51. The topological polar surface area (TPSA) is 87.2 Å². The Morgan fingerprint density at radius 3 is 2.83 bits per heavy atom. The number of nitrogens with zero attached hydrogens (tertiary/aromatic N) is 2. The molecule has 0 saturated heterocycles. The van der Waals surface area contributed by atoms with Crippen molar-refractivity contribution < 1.29 is 9.53 Å². The van der Waals surface area contributed by atoms with Crippen molar-refractivity contribution in [3.63, 3.8) is 0 Å². The van der Waals surface area contributed by atoms with Gasteiger partial charge in [-0.2, -0.15) is 0 Å². The van der Waals surface area contributed by atoms with E-state index >= 15 is 0 Å². The SMILES string of the molecule is CC(C)OCCCn1c(SCC(N)=O)nc2ccccc2c1=O. The molecule has 7 heteroatoms. The molecule has 124 valence electrons. The first-order valence-electron chi connectivity index (χ1n) is 7.51. The highest BCUT2D eigenvalue weighted by Gasteiger charge is 2.12. The molecule has 2 aromatic rings. The van der Waals surface area contributed by atoms with Gasteiger partial charge in [0.1, 0.15) is 0 Å². The smallest absolute Gasteiger partial charge is 0.262 e. The van der Waals surface area contributed by atoms with Crippen LogP contribution in [0.2, 0.25) is 0 Å². The van der Waals surface area contributed by atoms with Crippen LogP contribution in [0.5, 0.6) is 0 Å². The summed E-state index contributed by atoms with van der Waals surface area (Å²) in [4.78, 5) is 28.2. The predicted molar refractivity (Wildman–Crippen MR) is 91.6 cm³/mol. The highest BCUT2D eigenvalue weighted by atomic mass is 32.2. The second kappa shape index (κ2) is 8.12. The Balaban J connectivity index is 2.29. The Bertz CT molecular complexity index is 743. The molecule has 23 heavy (non-hydrogen) atoms. The van der Waals surface area contributed by atoms with Gasteiger partial charge in [-0.25, -0.2) is 4.98 Å². The third-order valence-corrected chi connectivity index (χ3v) is 4.15. The standard InChI is InChI=1S/C16H21N3O3S/c1-11(2)22-9-5-8-19-15(21)12-6-3-4-7-13(12)18-16(19)23-10-14(17)20/h3-4,6-7,11H,5,8-10H2,1-2H3,(H2,17,20). The molecule has 1 aromatic carbocycles. The first-order chi connectivity index (χ1) is 11.0. The third kappa shape index (κ3) is 4.80. The maximum Gasteiger partial charge on any atom is 0.262 e. The lowest BCUT2D eigenvalue weighted by Gasteiger charge is -2.13. The predicted octanol–water partition coefficient (Wildman–Crippen LogP) is 1.79. The number of para-hydroxylation sites is 1. The van der Waals surface area contributed by atoms with Gasteiger partial charge in [0, 0.05) is 13.2 Å². The summed E-state index contributed by atoms with van der Waals surface area (Å²) in [6.45, 7) is 5.00. The number of nitrogens with two attached hydrogens (primary N) is 1. The molecule has 0 atom stereocenters. The molecule has 0 fully saturated rings. The Kier molecular flexibility index (Phi) is 6.18. The summed E-state index contributed by atoms with van der Waals surface area (Å²) in [5, 5.41) is 1.08. The number of thioether (sulfide) groups is 1. The molecule has 1 aromatic heterocycles. The van der Waals surface area contributed by atoms with Crippen LogP contribution in [0, 0.1) is 0 Å². The number of fused-ring (bicyclic) bond motifs is 1. The summed E-state index contributed by atoms with van der Waals surface area (Å²) < 4.78 is 7.11. The van der Waals surface area contributed by atoms with Crippen LogP contribution >= 0.6 is 11.8 Å². The lowest BCUT2D eigenvalue weighted by molar-refractivity contribution is -0.115. The van der Waals surface area contributed by atoms with Crippen LogP contribution in [-0.2, 0) is 16.1 Å². The van der Waals surface area contributed by atoms with Gasteiger partial charge in [0.2, 0.25) is 5.91 Å². The van der Waals surface area contributed by atoms with Gasteiger partial charge in [-0.15, -0.1) is 0 Å². The van der Waals surface area contributed by atoms with Gasteiger partial charge in [0.05, 0.1) is 22.8 Å². The quantitative estimate of drug-likeness (QED) is 0.451. The number of amides is 1. The Labute approximate surface area is 139 Å². The number of rotatable bonds is 8. The van der Waals surface area contributed by atoms with Gasteiger partial charge in [-0.3, -0.25) is 14.2 Å². The third-order valence-electron chi connectivity index (χ3n) is 3.15. The van der Waals surface area contributed by atoms with Crippen molar-refractivity contribution in [3.8, 4) is 0 Å². The van der Waals surface area contributed by atoms with E-state index in [1.54, 1.807) is 16.7 Å². The molecule has 2 N–H and O–H groups in total. The van der Waals surface area contributed by atoms with E-state index in [1.165, 1.54) is 11.8 Å². The lowest BCUT2D eigenvalue weighted by atomic mass is 10.2. The molecule has 0 aliphatic rings. The summed E-state index contributed by atoms with van der Waals surface area (Å²) in [6, 6.07) is 7.19. The molecule has 1 amide bonds. The summed E-state index contributed by atoms with van der Waals surface area (Å²) in [6.07, 6.45) is 0.854. The molecular weight excluding hydrogens is 314 g/mol. The number of hydrogen-bond donors (Lipinski definition) is 1. The highest BCUT2D eigenvalue weighted by Crippen LogP contribution is 2.17. The van der Waals surface area contributed by atoms with E-state index in [0.29, 0.717) is 35.6 Å². The minimum absolute atomic E-state index is 0.0905. The van der Waals surface area contributed by atoms with Crippen LogP contribution in [0.3, 0.4) is 0 Å². The Morgan fingerprint density at radius 2 is 2.13 bits per heavy atom. The van der Waals surface area contributed by atoms with Crippen molar-refractivity contribution in [1.29, 1.82) is 0 Å². The molecule has 0 radical (unpaired) electrons. The second-order valence-corrected chi connectivity index (χ2v) is 6.34. The van der Waals surface area contributed by atoms with Crippen LogP contribution in [0.1, 0.15) is 20.3 Å². The van der Waals surface area contributed by atoms with Crippen molar-refractivity contribution in [1.82, 2.24) is 9.55 Å². The number of benzene rings is 1. The Morgan fingerprint density at radius 1 is 1.39 bits per heavy atom. The molecule has 0 saturated carbocycles. The summed E-state index contributed by atoms with van der Waals surface area (Å²) in [5.41, 5.74) is 5.72. The number of carbonyl (C=O) groups excluding carboxylic acids is 1. The molecule has 6 nitrogen and oxygen atoms in total. The fraction of sp³-hybridized carbons (Fsp3) is 0.438. The lowest BCUT2D eigenvalue weighted by Crippen LogP contribution is -2.25. The summed E-state index contributed by atoms with van der Waals surface area (Å²) >= 11 is 1.18. The van der Waals surface area contributed by atoms with Crippen LogP contribution in [0.25, 0.3) is 10.9 Å². The number of hydrogen-bond acceptors (Lipinski definition) is 5. The van der Waals surface area contributed by atoms with Crippen LogP contribution < -0.4 is 11.3 Å². The highest BCUT2D eigenvalue weighted by molar-refractivity contribution is 7.99. The van der Waals surface area contributed by atoms with Crippen LogP contribution in [-0.4, -0.2) is 33.9 Å². The largest absolute Gasteiger partial charge is 0.379 e. The first kappa shape index (κ1) is 17.5. The zero-order chi connectivity index (χ0) is 16.8. The summed E-state index contributed by atoms with van der Waals surface area (Å²) in [5.74, 6) is -0.347. The van der Waals surface area contributed by atoms with E-state index in [1.807, 2.05) is 26.0 Å². The zero-order valence-corrected chi connectivity index (χ0v) is 14.1. The van der Waals surface area contributed by atoms with Crippen molar-refractivity contribution in [2.45, 2.75) is 38.1 Å². The van der Waals surface area contributed by atoms with Crippen LogP contribution in [0.4, 0.5) is 0 Å². The van der Waals surface area contributed by atoms with E-state index in [0.717, 1.165) is 0 Å². The van der Waals surface area contributed by atoms with Gasteiger partial charge in [0.15, 0.2) is 5.16 Å². The maximum absolute atomic E-state index is 12.7. The van der Waals surface area contributed by atoms with Crippen LogP contribution in [0.15, 0.2) is 34.2 Å². The van der Waals surface area contributed by atoms with Crippen molar-refractivity contribution in [2.24, 2.45) is 5.73 Å². The van der Waals surface area contributed by atoms with Crippen molar-refractivity contribution >= 4 is 28.6 Å². The molecule has 0 spiro atoms. The number of primary amides is 1. The molecular formula is C16H21N3O3S. The van der Waals surface area contributed by atoms with Crippen molar-refractivity contribution in [3.05, 3.63) is 34.6 Å². The molecule has 2 rings (SSSR count). The monoisotopic (exact) mass is 335 g/mol. The van der Waals surface area contributed by atoms with Gasteiger partial charge in [0.25, 0.3) is 5.56 Å². The van der Waals surface area contributed by atoms with Gasteiger partial charge in [-0.1, -0.05) is 23.9 Å². The van der Waals surface area contributed by atoms with Gasteiger partial charge >= 0.3 is 0 Å². The Hall–Kier alpha value is -1.86. The van der Waals surface area contributed by atoms with E-state index < -0.39 is 5.91 Å². The fourth-order valence-corrected chi connectivity index (χ4v) is 2.90. The fourth-order valence-electron chi connectivity index (χ4n) is 2.13. The molecule has 0 bridgehead atoms. The summed E-state index contributed by atoms with van der Waals surface area (Å²) in [7, 11) is 0. The van der Waals surface area contributed by atoms with E-state index in [-0.39, 0.29) is 17.4 Å². The van der Waals surface area contributed by atoms with Gasteiger partial charge in [-0.05, 0) is 32.4 Å². The van der Waals surface area contributed by atoms with E-state index in [2.05, 4.69) is 4.98 Å². The minimum atomic E-state index is -0.438. The molecule has 0 aliphatic carbocycles. The maximum atomic E-state index is 12.7. The van der Waals surface area contributed by atoms with E-state index in [9.17, 15) is 9.59 Å². The number of ether oxygens (including phenoxy) is 1. The van der Waals surface area contributed by atoms with E-state index in [4.69, 9.17) is 10.5 Å². The first-order valence-corrected chi connectivity index (χ1v) is 8.50. The molecule has 1 heterocycles. The second-order valence-electron chi connectivity index (χ2n) is 5.40. The number of carbonyl (C=O) groups is 1. The minimum Gasteiger partial charge on any atom is -0.379 e. The number of aromatic nitrogens is 2. The molecule has 0 aliphatic heterocycles.